The number of ether oxygens (including phenoxy) is 2. The number of amides is 4. The topological polar surface area (TPSA) is 171 Å². The maximum atomic E-state index is 14.9. The summed E-state index contributed by atoms with van der Waals surface area (Å²) in [6.07, 6.45) is 6.75. The van der Waals surface area contributed by atoms with E-state index >= 15 is 0 Å². The molecule has 1 aromatic carbocycles. The van der Waals surface area contributed by atoms with Crippen molar-refractivity contribution in [2.24, 2.45) is 21.7 Å². The monoisotopic (exact) mass is 1020 g/mol. The van der Waals surface area contributed by atoms with Gasteiger partial charge in [-0.15, -0.1) is 11.3 Å². The van der Waals surface area contributed by atoms with Gasteiger partial charge in [-0.2, -0.15) is 0 Å². The summed E-state index contributed by atoms with van der Waals surface area (Å²) < 4.78 is 14.7. The summed E-state index contributed by atoms with van der Waals surface area (Å²) in [6, 6.07) is 4.38. The number of methoxy groups -OCH3 is 1. The van der Waals surface area contributed by atoms with E-state index in [1.165, 1.54) is 16.3 Å². The number of carbonyl (C=O) groups excluding carboxylic acids is 5. The molecule has 4 aliphatic rings. The summed E-state index contributed by atoms with van der Waals surface area (Å²) in [5.74, 6) is 4.19. The normalized spacial score (nSPS) is 24.0. The Morgan fingerprint density at radius 3 is 2.53 bits per heavy atom. The van der Waals surface area contributed by atoms with Crippen molar-refractivity contribution in [3.05, 3.63) is 58.2 Å². The predicted molar refractivity (Wildman–Crippen MR) is 287 cm³/mol. The molecule has 394 valence electrons. The lowest BCUT2D eigenvalue weighted by Gasteiger charge is -2.42. The van der Waals surface area contributed by atoms with Crippen LogP contribution in [0, 0.1) is 28.6 Å². The number of aliphatic imine (C=N–C) groups is 1. The third kappa shape index (κ3) is 11.3. The number of fused-ring (bicyclic) bond motifs is 6. The van der Waals surface area contributed by atoms with Gasteiger partial charge in [0.25, 0.3) is 11.8 Å². The average molecular weight is 1020 g/mol. The standard InChI is InChI=1S/C56H77N9O7S/c1-14-39(47(57-15-2)37(6)71-13)49-41-30-53(7,8)34-72-35-56(33-66)21-17-25-65(60-56)51(69)42(29-45-58-43(31-73-45)38-18-19-44(40(41)28-38)63(49)16-3)59-50(68)48(36(4)5)64-27-24-55(52(64)70)23-26-62(32-55)46(67)20-22-54(9,10)61(11)12/h14-15,18-19,28,31,33,36-37,42,48,60H,1,16-17,21,23-27,29-30,32,34-35H2,2-13H3,(H,59,68)/b47-39+,57-15?/t37-,42-,48-,55+,56-/m0/s1. The molecule has 0 saturated carbocycles. The van der Waals surface area contributed by atoms with E-state index in [1.807, 2.05) is 72.0 Å². The number of allylic oxidation sites excluding steroid dienone is 2. The zero-order valence-electron chi connectivity index (χ0n) is 45.1. The number of thiazole rings is 1. The number of aldehydes is 1. The van der Waals surface area contributed by atoms with Crippen molar-refractivity contribution in [3.63, 3.8) is 0 Å². The van der Waals surface area contributed by atoms with Crippen LogP contribution in [0.5, 0.6) is 0 Å². The van der Waals surface area contributed by atoms with Crippen LogP contribution in [0.2, 0.25) is 0 Å². The number of hydrogen-bond acceptors (Lipinski definition) is 12. The average Bonchev–Trinajstić information content (AvgIpc) is 4.15. The number of rotatable bonds is 12. The number of nitrogens with zero attached hydrogens (tertiary/aromatic N) is 7. The Hall–Kier alpha value is -5.51. The van der Waals surface area contributed by atoms with Crippen molar-refractivity contribution >= 4 is 63.9 Å². The van der Waals surface area contributed by atoms with Crippen LogP contribution in [0.4, 0.5) is 0 Å². The highest BCUT2D eigenvalue weighted by molar-refractivity contribution is 7.10. The molecule has 3 fully saturated rings. The highest BCUT2D eigenvalue weighted by atomic mass is 32.1. The lowest BCUT2D eigenvalue weighted by atomic mass is 9.84. The Bertz CT molecular complexity index is 2740. The van der Waals surface area contributed by atoms with Gasteiger partial charge < -0.3 is 34.0 Å². The van der Waals surface area contributed by atoms with E-state index in [0.717, 1.165) is 51.0 Å². The molecule has 0 unspecified atom stereocenters. The van der Waals surface area contributed by atoms with Gasteiger partial charge in [0.2, 0.25) is 11.8 Å². The molecule has 3 aromatic rings. The number of aryl methyl sites for hydroxylation is 1. The summed E-state index contributed by atoms with van der Waals surface area (Å²) in [4.78, 5) is 86.1. The molecule has 0 aliphatic carbocycles. The third-order valence-corrected chi connectivity index (χ3v) is 16.3. The zero-order valence-corrected chi connectivity index (χ0v) is 46.0. The van der Waals surface area contributed by atoms with Crippen LogP contribution in [0.25, 0.3) is 27.7 Å². The Morgan fingerprint density at radius 2 is 1.88 bits per heavy atom. The second-order valence-electron chi connectivity index (χ2n) is 22.2. The molecular formula is C56H77N9O7S. The van der Waals surface area contributed by atoms with E-state index in [2.05, 4.69) is 72.7 Å². The van der Waals surface area contributed by atoms with Crippen LogP contribution in [0.3, 0.4) is 0 Å². The molecule has 4 aliphatic heterocycles. The minimum Gasteiger partial charge on any atom is -0.378 e. The molecule has 5 atom stereocenters. The molecule has 6 bridgehead atoms. The maximum Gasteiger partial charge on any atom is 0.298 e. The highest BCUT2D eigenvalue weighted by Crippen LogP contribution is 2.43. The first-order chi connectivity index (χ1) is 34.6. The Balaban J connectivity index is 1.25. The van der Waals surface area contributed by atoms with Gasteiger partial charge >= 0.3 is 0 Å². The number of likely N-dealkylation sites (tertiary alicyclic amines) is 2. The fourth-order valence-corrected chi connectivity index (χ4v) is 11.7. The Kier molecular flexibility index (Phi) is 16.8. The summed E-state index contributed by atoms with van der Waals surface area (Å²) in [7, 11) is 5.49. The molecule has 6 heterocycles. The minimum absolute atomic E-state index is 0.0146. The van der Waals surface area contributed by atoms with Gasteiger partial charge in [-0.25, -0.2) is 10.4 Å². The molecule has 73 heavy (non-hydrogen) atoms. The summed E-state index contributed by atoms with van der Waals surface area (Å²) in [6.45, 7) is 24.5. The first-order valence-electron chi connectivity index (χ1n) is 25.8. The van der Waals surface area contributed by atoms with E-state index in [9.17, 15) is 24.0 Å². The fraction of sp³-hybridized carbons (Fsp3) is 0.589. The van der Waals surface area contributed by atoms with Gasteiger partial charge in [0, 0.05) is 79.9 Å². The van der Waals surface area contributed by atoms with E-state index in [-0.39, 0.29) is 43.4 Å². The van der Waals surface area contributed by atoms with Crippen LogP contribution in [0.1, 0.15) is 104 Å². The number of aromatic nitrogens is 2. The van der Waals surface area contributed by atoms with Crippen LogP contribution in [0.15, 0.2) is 46.9 Å². The largest absolute Gasteiger partial charge is 0.378 e. The van der Waals surface area contributed by atoms with Crippen LogP contribution < -0.4 is 10.7 Å². The first kappa shape index (κ1) is 55.2. The quantitative estimate of drug-likeness (QED) is 0.0907. The molecule has 1 spiro atoms. The van der Waals surface area contributed by atoms with Crippen LogP contribution in [-0.2, 0) is 52.8 Å². The van der Waals surface area contributed by atoms with E-state index in [0.29, 0.717) is 69.9 Å². The summed E-state index contributed by atoms with van der Waals surface area (Å²) in [5.41, 5.74) is 6.66. The number of hydrogen-bond donors (Lipinski definition) is 2. The van der Waals surface area contributed by atoms with Crippen molar-refractivity contribution in [3.8, 4) is 23.1 Å². The fourth-order valence-electron chi connectivity index (χ4n) is 10.8. The van der Waals surface area contributed by atoms with E-state index in [4.69, 9.17) is 19.5 Å². The molecule has 0 radical (unpaired) electrons. The molecular weight excluding hydrogens is 943 g/mol. The van der Waals surface area contributed by atoms with Gasteiger partial charge in [0.15, 0.2) is 0 Å². The summed E-state index contributed by atoms with van der Waals surface area (Å²) in [5, 5.41) is 8.20. The maximum absolute atomic E-state index is 14.9. The molecule has 2 N–H and O–H groups in total. The molecule has 3 saturated heterocycles. The molecule has 7 rings (SSSR count). The van der Waals surface area contributed by atoms with Gasteiger partial charge in [0.05, 0.1) is 52.4 Å². The smallest absolute Gasteiger partial charge is 0.298 e. The Labute approximate surface area is 436 Å². The number of nitrogens with one attached hydrogen (secondary N) is 2. The van der Waals surface area contributed by atoms with E-state index in [1.54, 1.807) is 23.1 Å². The van der Waals surface area contributed by atoms with Crippen LogP contribution in [-0.4, -0.2) is 155 Å². The first-order valence-corrected chi connectivity index (χ1v) is 26.7. The van der Waals surface area contributed by atoms with Gasteiger partial charge in [-0.05, 0) is 116 Å². The third-order valence-electron chi connectivity index (χ3n) is 15.4. The number of hydrazine groups is 1. The van der Waals surface area contributed by atoms with Crippen molar-refractivity contribution in [2.75, 3.05) is 60.6 Å². The second-order valence-corrected chi connectivity index (χ2v) is 23.1. The SMILES string of the molecule is C=C/C(=C(\N=CC)[C@H](C)OC)c1c2c3cc(ccc3n1CC)-c1csc(n1)C[C@H](NC(=O)[C@H](C(C)C)N1CC[C@@]3(CCN(C(=O)C#CC(C)(C)N(C)C)C3)C1=O)C(=O)N1CCC[C@](C=O)(COCC(C)(C)C2)N1. The summed E-state index contributed by atoms with van der Waals surface area (Å²) >= 11 is 1.41. The van der Waals surface area contributed by atoms with Crippen molar-refractivity contribution in [1.82, 2.24) is 40.0 Å². The predicted octanol–water partition coefficient (Wildman–Crippen LogP) is 6.32. The molecule has 4 amide bonds. The number of carbonyl (C=O) groups is 5. The lowest BCUT2D eigenvalue weighted by molar-refractivity contribution is -0.149. The van der Waals surface area contributed by atoms with Crippen molar-refractivity contribution < 1.29 is 33.4 Å². The Morgan fingerprint density at radius 1 is 1.14 bits per heavy atom. The van der Waals surface area contributed by atoms with Crippen LogP contribution >= 0.6 is 11.3 Å². The molecule has 16 nitrogen and oxygen atoms in total. The minimum atomic E-state index is -1.21. The van der Waals surface area contributed by atoms with E-state index < -0.39 is 45.8 Å². The van der Waals surface area contributed by atoms with Crippen molar-refractivity contribution in [2.45, 2.75) is 137 Å². The van der Waals surface area contributed by atoms with Gasteiger partial charge in [-0.1, -0.05) is 52.3 Å². The second kappa shape index (κ2) is 22.1. The zero-order chi connectivity index (χ0) is 53.2. The van der Waals surface area contributed by atoms with Gasteiger partial charge in [0.1, 0.15) is 23.9 Å². The highest BCUT2D eigenvalue weighted by Gasteiger charge is 2.54. The van der Waals surface area contributed by atoms with Crippen molar-refractivity contribution in [1.29, 1.82) is 0 Å². The van der Waals surface area contributed by atoms with Gasteiger partial charge in [-0.3, -0.25) is 34.1 Å². The molecule has 2 aromatic heterocycles. The lowest BCUT2D eigenvalue weighted by Crippen LogP contribution is -2.66. The number of benzene rings is 1. The molecule has 17 heteroatoms.